The van der Waals surface area contributed by atoms with Crippen LogP contribution >= 0.6 is 11.6 Å². The van der Waals surface area contributed by atoms with Gasteiger partial charge in [0.05, 0.1) is 5.69 Å². The number of fused-ring (bicyclic) bond motifs is 2. The topological polar surface area (TPSA) is 16.1 Å². The summed E-state index contributed by atoms with van der Waals surface area (Å²) >= 11 is 6.65. The molecule has 1 aliphatic heterocycles. The highest BCUT2D eigenvalue weighted by atomic mass is 35.5. The van der Waals surface area contributed by atoms with Crippen LogP contribution in [0, 0.1) is 0 Å². The van der Waals surface area contributed by atoms with Gasteiger partial charge in [0.2, 0.25) is 0 Å². The van der Waals surface area contributed by atoms with Crippen molar-refractivity contribution in [2.45, 2.75) is 25.7 Å². The number of pyridine rings is 1. The Morgan fingerprint density at radius 1 is 0.957 bits per heavy atom. The lowest BCUT2D eigenvalue weighted by molar-refractivity contribution is 0.313. The minimum Gasteiger partial charge on any atom is -0.306 e. The zero-order chi connectivity index (χ0) is 15.8. The second-order valence-corrected chi connectivity index (χ2v) is 6.97. The van der Waals surface area contributed by atoms with E-state index in [2.05, 4.69) is 30.1 Å². The normalized spacial score (nSPS) is 18.3. The number of nitrogens with zero attached hydrogens (tertiary/aromatic N) is 2. The third-order valence-electron chi connectivity index (χ3n) is 5.09. The van der Waals surface area contributed by atoms with Gasteiger partial charge in [-0.25, -0.2) is 0 Å². The van der Waals surface area contributed by atoms with Crippen molar-refractivity contribution in [2.75, 3.05) is 20.1 Å². The zero-order valence-electron chi connectivity index (χ0n) is 13.5. The van der Waals surface area contributed by atoms with Crippen molar-refractivity contribution in [1.82, 2.24) is 9.88 Å². The number of benzene rings is 1. The molecule has 1 aromatic heterocycles. The fourth-order valence-corrected chi connectivity index (χ4v) is 4.08. The molecule has 4 rings (SSSR count). The maximum atomic E-state index is 6.65. The molecular weight excluding hydrogens is 304 g/mol. The van der Waals surface area contributed by atoms with Crippen molar-refractivity contribution < 1.29 is 0 Å². The van der Waals surface area contributed by atoms with Crippen molar-refractivity contribution in [1.29, 1.82) is 0 Å². The third-order valence-corrected chi connectivity index (χ3v) is 5.40. The van der Waals surface area contributed by atoms with Crippen molar-refractivity contribution in [3.63, 3.8) is 0 Å². The average molecular weight is 325 g/mol. The summed E-state index contributed by atoms with van der Waals surface area (Å²) in [7, 11) is 2.20. The molecule has 0 unspecified atom stereocenters. The first-order chi connectivity index (χ1) is 11.2. The van der Waals surface area contributed by atoms with Gasteiger partial charge in [-0.15, -0.1) is 0 Å². The van der Waals surface area contributed by atoms with Gasteiger partial charge in [0.25, 0.3) is 0 Å². The number of likely N-dealkylation sites (tertiary alicyclic amines) is 1. The van der Waals surface area contributed by atoms with Gasteiger partial charge in [-0.2, -0.15) is 0 Å². The SMILES string of the molecule is CN1CCC(=C2c3ncccc3CCc3cccc(Cl)c32)CC1. The van der Waals surface area contributed by atoms with E-state index in [1.165, 1.54) is 27.8 Å². The number of hydrogen-bond acceptors (Lipinski definition) is 2. The molecule has 0 atom stereocenters. The third kappa shape index (κ3) is 2.71. The molecular formula is C20H21ClN2. The minimum absolute atomic E-state index is 0.863. The minimum atomic E-state index is 0.863. The second-order valence-electron chi connectivity index (χ2n) is 6.57. The predicted molar refractivity (Wildman–Crippen MR) is 95.9 cm³/mol. The molecule has 1 fully saturated rings. The average Bonchev–Trinajstić information content (AvgIpc) is 2.74. The van der Waals surface area contributed by atoms with Gasteiger partial charge in [-0.05, 0) is 56.0 Å². The van der Waals surface area contributed by atoms with E-state index < -0.39 is 0 Å². The number of rotatable bonds is 0. The number of hydrogen-bond donors (Lipinski definition) is 0. The summed E-state index contributed by atoms with van der Waals surface area (Å²) in [5.74, 6) is 0. The van der Waals surface area contributed by atoms with Crippen molar-refractivity contribution >= 4 is 17.2 Å². The Morgan fingerprint density at radius 3 is 2.52 bits per heavy atom. The number of aromatic nitrogens is 1. The highest BCUT2D eigenvalue weighted by molar-refractivity contribution is 6.32. The van der Waals surface area contributed by atoms with Gasteiger partial charge < -0.3 is 4.90 Å². The summed E-state index contributed by atoms with van der Waals surface area (Å²) in [6, 6.07) is 10.6. The standard InChI is InChI=1S/C20H21ClN2/c1-23-12-9-15(10-13-23)19-18-14(4-2-6-17(18)21)7-8-16-5-3-11-22-20(16)19/h2-6,11H,7-10,12-13H2,1H3. The van der Waals surface area contributed by atoms with Gasteiger partial charge in [0, 0.05) is 35.4 Å². The molecule has 2 aliphatic rings. The molecule has 0 bridgehead atoms. The predicted octanol–water partition coefficient (Wildman–Crippen LogP) is 4.36. The van der Waals surface area contributed by atoms with Crippen molar-refractivity contribution in [3.05, 3.63) is 69.5 Å². The van der Waals surface area contributed by atoms with Crippen LogP contribution in [-0.4, -0.2) is 30.0 Å². The molecule has 2 nitrogen and oxygen atoms in total. The van der Waals surface area contributed by atoms with Gasteiger partial charge in [-0.3, -0.25) is 4.98 Å². The Balaban J connectivity index is 1.98. The molecule has 1 aliphatic carbocycles. The molecule has 1 saturated heterocycles. The van der Waals surface area contributed by atoms with Crippen LogP contribution in [-0.2, 0) is 12.8 Å². The van der Waals surface area contributed by atoms with E-state index in [9.17, 15) is 0 Å². The lowest BCUT2D eigenvalue weighted by atomic mass is 9.88. The summed E-state index contributed by atoms with van der Waals surface area (Å²) < 4.78 is 0. The van der Waals surface area contributed by atoms with E-state index >= 15 is 0 Å². The van der Waals surface area contributed by atoms with E-state index in [1.54, 1.807) is 0 Å². The van der Waals surface area contributed by atoms with Crippen LogP contribution < -0.4 is 0 Å². The largest absolute Gasteiger partial charge is 0.306 e. The summed E-state index contributed by atoms with van der Waals surface area (Å²) in [6.45, 7) is 2.22. The molecule has 0 saturated carbocycles. The highest BCUT2D eigenvalue weighted by Crippen LogP contribution is 2.40. The van der Waals surface area contributed by atoms with Crippen LogP contribution in [0.3, 0.4) is 0 Å². The fourth-order valence-electron chi connectivity index (χ4n) is 3.79. The molecule has 2 aromatic rings. The van der Waals surface area contributed by atoms with E-state index in [1.807, 2.05) is 18.3 Å². The molecule has 0 spiro atoms. The van der Waals surface area contributed by atoms with Crippen molar-refractivity contribution in [2.24, 2.45) is 0 Å². The lowest BCUT2D eigenvalue weighted by Gasteiger charge is -2.27. The van der Waals surface area contributed by atoms with Crippen LogP contribution in [0.1, 0.15) is 35.2 Å². The Hall–Kier alpha value is -1.64. The molecule has 0 N–H and O–H groups in total. The summed E-state index contributed by atoms with van der Waals surface area (Å²) in [6.07, 6.45) is 6.19. The molecule has 2 heterocycles. The van der Waals surface area contributed by atoms with Gasteiger partial charge in [0.1, 0.15) is 0 Å². The Labute approximate surface area is 142 Å². The first kappa shape index (κ1) is 14.9. The lowest BCUT2D eigenvalue weighted by Crippen LogP contribution is -2.27. The maximum absolute atomic E-state index is 6.65. The van der Waals surface area contributed by atoms with Gasteiger partial charge in [-0.1, -0.05) is 35.4 Å². The van der Waals surface area contributed by atoms with Crippen LogP contribution in [0.4, 0.5) is 0 Å². The monoisotopic (exact) mass is 324 g/mol. The van der Waals surface area contributed by atoms with Gasteiger partial charge >= 0.3 is 0 Å². The van der Waals surface area contributed by atoms with E-state index in [0.29, 0.717) is 0 Å². The molecule has 0 radical (unpaired) electrons. The Kier molecular flexibility index (Phi) is 3.96. The first-order valence-electron chi connectivity index (χ1n) is 8.36. The van der Waals surface area contributed by atoms with Crippen LogP contribution in [0.5, 0.6) is 0 Å². The van der Waals surface area contributed by atoms with Crippen molar-refractivity contribution in [3.8, 4) is 0 Å². The first-order valence-corrected chi connectivity index (χ1v) is 8.74. The van der Waals surface area contributed by atoms with Crippen LogP contribution in [0.25, 0.3) is 5.57 Å². The number of halogens is 1. The molecule has 118 valence electrons. The molecule has 23 heavy (non-hydrogen) atoms. The number of piperidine rings is 1. The molecule has 1 aromatic carbocycles. The van der Waals surface area contributed by atoms with Crippen LogP contribution in [0.15, 0.2) is 42.1 Å². The fraction of sp³-hybridized carbons (Fsp3) is 0.350. The summed E-state index contributed by atoms with van der Waals surface area (Å²) in [4.78, 5) is 7.16. The zero-order valence-corrected chi connectivity index (χ0v) is 14.2. The van der Waals surface area contributed by atoms with Crippen LogP contribution in [0.2, 0.25) is 5.02 Å². The van der Waals surface area contributed by atoms with E-state index in [-0.39, 0.29) is 0 Å². The Morgan fingerprint density at radius 2 is 1.70 bits per heavy atom. The van der Waals surface area contributed by atoms with E-state index in [4.69, 9.17) is 16.6 Å². The maximum Gasteiger partial charge on any atom is 0.0740 e. The molecule has 3 heteroatoms. The molecule has 0 amide bonds. The van der Waals surface area contributed by atoms with E-state index in [0.717, 1.165) is 49.5 Å². The van der Waals surface area contributed by atoms with Gasteiger partial charge in [0.15, 0.2) is 0 Å². The second kappa shape index (κ2) is 6.10. The smallest absolute Gasteiger partial charge is 0.0740 e. The summed E-state index contributed by atoms with van der Waals surface area (Å²) in [5, 5.41) is 0.863. The Bertz CT molecular complexity index is 769. The highest BCUT2D eigenvalue weighted by Gasteiger charge is 2.25. The quantitative estimate of drug-likeness (QED) is 0.715. The number of aryl methyl sites for hydroxylation is 2. The summed E-state index contributed by atoms with van der Waals surface area (Å²) in [5.41, 5.74) is 7.91.